The van der Waals surface area contributed by atoms with E-state index in [9.17, 15) is 14.0 Å². The molecular weight excluding hydrogens is 461 g/mol. The minimum absolute atomic E-state index is 0.0459. The number of ether oxygens (including phenoxy) is 2. The molecule has 194 valence electrons. The summed E-state index contributed by atoms with van der Waals surface area (Å²) in [5.74, 6) is 0.0425. The zero-order chi connectivity index (χ0) is 25.5. The van der Waals surface area contributed by atoms with Gasteiger partial charge in [0.15, 0.2) is 6.61 Å². The van der Waals surface area contributed by atoms with Crippen LogP contribution in [0.15, 0.2) is 42.5 Å². The number of hydrogen-bond acceptors (Lipinski definition) is 6. The number of likely N-dealkylation sites (tertiary alicyclic amines) is 1. The van der Waals surface area contributed by atoms with Gasteiger partial charge in [-0.05, 0) is 62.2 Å². The molecule has 2 aliphatic heterocycles. The van der Waals surface area contributed by atoms with E-state index in [1.165, 1.54) is 12.1 Å². The van der Waals surface area contributed by atoms with Crippen molar-refractivity contribution in [1.82, 2.24) is 14.7 Å². The molecule has 2 saturated heterocycles. The van der Waals surface area contributed by atoms with Gasteiger partial charge >= 0.3 is 5.97 Å². The number of halogens is 1. The second kappa shape index (κ2) is 12.3. The molecule has 0 spiro atoms. The normalized spacial score (nSPS) is 17.7. The maximum Gasteiger partial charge on any atom is 0.309 e. The highest BCUT2D eigenvalue weighted by atomic mass is 19.1. The summed E-state index contributed by atoms with van der Waals surface area (Å²) in [5, 5.41) is 0. The molecule has 0 N–H and O–H groups in total. The molecule has 0 aromatic heterocycles. The second-order valence-electron chi connectivity index (χ2n) is 9.60. The van der Waals surface area contributed by atoms with Gasteiger partial charge in [-0.25, -0.2) is 4.39 Å². The van der Waals surface area contributed by atoms with Crippen LogP contribution in [0.3, 0.4) is 0 Å². The van der Waals surface area contributed by atoms with Crippen LogP contribution in [0.5, 0.6) is 5.75 Å². The molecule has 2 heterocycles. The molecule has 0 atom stereocenters. The summed E-state index contributed by atoms with van der Waals surface area (Å²) in [7, 11) is 2.13. The molecule has 0 aliphatic carbocycles. The van der Waals surface area contributed by atoms with Crippen molar-refractivity contribution < 1.29 is 23.5 Å². The van der Waals surface area contributed by atoms with E-state index in [4.69, 9.17) is 9.47 Å². The lowest BCUT2D eigenvalue weighted by molar-refractivity contribution is -0.151. The molecule has 2 aliphatic rings. The fourth-order valence-electron chi connectivity index (χ4n) is 4.77. The van der Waals surface area contributed by atoms with Crippen LogP contribution in [-0.4, -0.2) is 86.1 Å². The number of amides is 1. The summed E-state index contributed by atoms with van der Waals surface area (Å²) in [6.45, 7) is 7.86. The van der Waals surface area contributed by atoms with Crippen LogP contribution in [0.2, 0.25) is 0 Å². The Morgan fingerprint density at radius 3 is 2.28 bits per heavy atom. The van der Waals surface area contributed by atoms with Crippen LogP contribution < -0.4 is 4.74 Å². The van der Waals surface area contributed by atoms with Crippen molar-refractivity contribution in [2.75, 3.05) is 59.5 Å². The third-order valence-electron chi connectivity index (χ3n) is 7.05. The van der Waals surface area contributed by atoms with Gasteiger partial charge in [0.05, 0.1) is 12.5 Å². The predicted molar refractivity (Wildman–Crippen MR) is 136 cm³/mol. The maximum absolute atomic E-state index is 13.4. The molecular formula is C28H36FN3O4. The summed E-state index contributed by atoms with van der Waals surface area (Å²) in [6.07, 6.45) is 1.23. The van der Waals surface area contributed by atoms with Crippen molar-refractivity contribution in [1.29, 1.82) is 0 Å². The van der Waals surface area contributed by atoms with Gasteiger partial charge in [0, 0.05) is 51.4 Å². The van der Waals surface area contributed by atoms with Crippen LogP contribution in [0.1, 0.15) is 25.3 Å². The van der Waals surface area contributed by atoms with Gasteiger partial charge in [0.2, 0.25) is 0 Å². The first-order valence-corrected chi connectivity index (χ1v) is 12.8. The molecule has 1 amide bonds. The fourth-order valence-corrected chi connectivity index (χ4v) is 4.77. The number of likely N-dealkylation sites (N-methyl/N-ethyl adjacent to an activating group) is 1. The van der Waals surface area contributed by atoms with E-state index in [0.717, 1.165) is 49.4 Å². The SMILES string of the molecule is CCOC(=O)C1CCN(C(=O)COc2ccc(-c3ccc(F)cc3)cc2CN2CCN(C)CC2)CC1. The van der Waals surface area contributed by atoms with Crippen molar-refractivity contribution in [2.45, 2.75) is 26.3 Å². The van der Waals surface area contributed by atoms with Gasteiger partial charge in [-0.3, -0.25) is 14.5 Å². The Labute approximate surface area is 212 Å². The lowest BCUT2D eigenvalue weighted by Gasteiger charge is -2.33. The van der Waals surface area contributed by atoms with E-state index in [1.54, 1.807) is 24.0 Å². The minimum Gasteiger partial charge on any atom is -0.483 e. The third kappa shape index (κ3) is 6.83. The Bertz CT molecular complexity index is 1030. The Balaban J connectivity index is 1.42. The lowest BCUT2D eigenvalue weighted by atomic mass is 9.97. The zero-order valence-electron chi connectivity index (χ0n) is 21.2. The smallest absolute Gasteiger partial charge is 0.309 e. The molecule has 2 aromatic carbocycles. The zero-order valence-corrected chi connectivity index (χ0v) is 21.2. The van der Waals surface area contributed by atoms with Gasteiger partial charge < -0.3 is 19.3 Å². The Morgan fingerprint density at radius 2 is 1.61 bits per heavy atom. The van der Waals surface area contributed by atoms with Crippen LogP contribution in [0, 0.1) is 11.7 Å². The van der Waals surface area contributed by atoms with Crippen molar-refractivity contribution in [3.8, 4) is 16.9 Å². The number of carbonyl (C=O) groups is 2. The number of nitrogens with zero attached hydrogens (tertiary/aromatic N) is 3. The molecule has 0 unspecified atom stereocenters. The van der Waals surface area contributed by atoms with Crippen molar-refractivity contribution in [2.24, 2.45) is 5.92 Å². The van der Waals surface area contributed by atoms with Crippen molar-refractivity contribution in [3.63, 3.8) is 0 Å². The molecule has 7 nitrogen and oxygen atoms in total. The molecule has 2 fully saturated rings. The van der Waals surface area contributed by atoms with Crippen LogP contribution in [0.25, 0.3) is 11.1 Å². The van der Waals surface area contributed by atoms with Crippen molar-refractivity contribution in [3.05, 3.63) is 53.8 Å². The standard InChI is InChI=1S/C28H36FN3O4/c1-3-35-28(34)22-10-12-32(13-11-22)27(33)20-36-26-9-6-23(21-4-7-25(29)8-5-21)18-24(26)19-31-16-14-30(2)15-17-31/h4-9,18,22H,3,10-17,19-20H2,1-2H3. The van der Waals surface area contributed by atoms with E-state index in [-0.39, 0.29) is 30.2 Å². The molecule has 8 heteroatoms. The van der Waals surface area contributed by atoms with E-state index in [1.807, 2.05) is 12.1 Å². The highest BCUT2D eigenvalue weighted by molar-refractivity contribution is 5.79. The molecule has 4 rings (SSSR count). The predicted octanol–water partition coefficient (Wildman–Crippen LogP) is 3.42. The van der Waals surface area contributed by atoms with E-state index >= 15 is 0 Å². The van der Waals surface area contributed by atoms with E-state index in [0.29, 0.717) is 38.3 Å². The molecule has 2 aromatic rings. The summed E-state index contributed by atoms with van der Waals surface area (Å²) in [6, 6.07) is 12.4. The van der Waals surface area contributed by atoms with Gasteiger partial charge in [-0.1, -0.05) is 18.2 Å². The van der Waals surface area contributed by atoms with E-state index in [2.05, 4.69) is 22.9 Å². The Kier molecular flexibility index (Phi) is 8.93. The number of piperazine rings is 1. The van der Waals surface area contributed by atoms with Crippen LogP contribution in [-0.2, 0) is 20.9 Å². The quantitative estimate of drug-likeness (QED) is 0.521. The Morgan fingerprint density at radius 1 is 0.944 bits per heavy atom. The number of piperidine rings is 1. The number of benzene rings is 2. The van der Waals surface area contributed by atoms with E-state index < -0.39 is 0 Å². The molecule has 0 saturated carbocycles. The summed E-state index contributed by atoms with van der Waals surface area (Å²) in [4.78, 5) is 31.3. The Hall–Kier alpha value is -2.97. The minimum atomic E-state index is -0.263. The number of esters is 1. The number of carbonyl (C=O) groups excluding carboxylic acids is 2. The van der Waals surface area contributed by atoms with Crippen LogP contribution >= 0.6 is 0 Å². The average Bonchev–Trinajstić information content (AvgIpc) is 2.90. The fraction of sp³-hybridized carbons (Fsp3) is 0.500. The van der Waals surface area contributed by atoms with Gasteiger partial charge in [-0.2, -0.15) is 0 Å². The lowest BCUT2D eigenvalue weighted by Crippen LogP contribution is -2.44. The largest absolute Gasteiger partial charge is 0.483 e. The topological polar surface area (TPSA) is 62.3 Å². The maximum atomic E-state index is 13.4. The molecule has 0 radical (unpaired) electrons. The highest BCUT2D eigenvalue weighted by Gasteiger charge is 2.28. The van der Waals surface area contributed by atoms with Crippen LogP contribution in [0.4, 0.5) is 4.39 Å². The summed E-state index contributed by atoms with van der Waals surface area (Å²) < 4.78 is 24.6. The third-order valence-corrected chi connectivity index (χ3v) is 7.05. The monoisotopic (exact) mass is 497 g/mol. The molecule has 0 bridgehead atoms. The first-order valence-electron chi connectivity index (χ1n) is 12.8. The number of hydrogen-bond donors (Lipinski definition) is 0. The van der Waals surface area contributed by atoms with Gasteiger partial charge in [0.1, 0.15) is 11.6 Å². The number of rotatable bonds is 8. The van der Waals surface area contributed by atoms with Gasteiger partial charge in [-0.15, -0.1) is 0 Å². The summed E-state index contributed by atoms with van der Waals surface area (Å²) >= 11 is 0. The first kappa shape index (κ1) is 26.1. The van der Waals surface area contributed by atoms with Crippen molar-refractivity contribution >= 4 is 11.9 Å². The summed E-state index contributed by atoms with van der Waals surface area (Å²) in [5.41, 5.74) is 2.93. The van der Waals surface area contributed by atoms with Gasteiger partial charge in [0.25, 0.3) is 5.91 Å². The second-order valence-corrected chi connectivity index (χ2v) is 9.60. The average molecular weight is 498 g/mol. The highest BCUT2D eigenvalue weighted by Crippen LogP contribution is 2.29. The molecule has 36 heavy (non-hydrogen) atoms. The first-order chi connectivity index (χ1) is 17.4.